The molecule has 2 spiro atoms. The lowest BCUT2D eigenvalue weighted by Crippen LogP contribution is -2.37. The van der Waals surface area contributed by atoms with Gasteiger partial charge in [-0.05, 0) is 166 Å². The molecule has 0 aromatic heterocycles. The molecule has 0 fully saturated rings. The Kier molecular flexibility index (Phi) is 9.53. The second kappa shape index (κ2) is 16.3. The Hall–Kier alpha value is -8.82. The molecule has 0 radical (unpaired) electrons. The molecule has 2 heteroatoms. The fourth-order valence-electron chi connectivity index (χ4n) is 13.8. The molecule has 4 aliphatic carbocycles. The average molecular weight is 972 g/mol. The molecule has 1 nitrogen and oxygen atoms in total. The highest BCUT2D eigenvalue weighted by Gasteiger charge is 2.53. The minimum absolute atomic E-state index is 0.458. The lowest BCUT2D eigenvalue weighted by atomic mass is 9.70. The second-order valence-electron chi connectivity index (χ2n) is 21.9. The molecular formula is C73H53NSi. The van der Waals surface area contributed by atoms with E-state index in [-0.39, 0.29) is 0 Å². The van der Waals surface area contributed by atoms with Gasteiger partial charge in [-0.2, -0.15) is 0 Å². The largest absolute Gasteiger partial charge is 0.310 e. The maximum atomic E-state index is 2.51. The van der Waals surface area contributed by atoms with Gasteiger partial charge in [0, 0.05) is 17.1 Å². The summed E-state index contributed by atoms with van der Waals surface area (Å²) in [6, 6.07) is 96.3. The molecule has 0 amide bonds. The van der Waals surface area contributed by atoms with Gasteiger partial charge in [0.05, 0.1) is 18.9 Å². The Morgan fingerprint density at radius 3 is 1.07 bits per heavy atom. The van der Waals surface area contributed by atoms with Crippen molar-refractivity contribution in [2.45, 2.75) is 30.5 Å². The molecule has 11 aromatic carbocycles. The molecule has 0 saturated carbocycles. The summed E-state index contributed by atoms with van der Waals surface area (Å²) in [6.07, 6.45) is 4.69. The Morgan fingerprint density at radius 2 is 0.627 bits per heavy atom. The van der Waals surface area contributed by atoms with Crippen molar-refractivity contribution < 1.29 is 0 Å². The van der Waals surface area contributed by atoms with Crippen LogP contribution in [0.25, 0.3) is 67.8 Å². The normalized spacial score (nSPS) is 14.2. The molecule has 11 aromatic rings. The Morgan fingerprint density at radius 1 is 0.280 bits per heavy atom. The van der Waals surface area contributed by atoms with Gasteiger partial charge in [0.2, 0.25) is 0 Å². The van der Waals surface area contributed by atoms with Crippen LogP contribution in [0.4, 0.5) is 17.1 Å². The molecule has 0 bridgehead atoms. The summed E-state index contributed by atoms with van der Waals surface area (Å²) >= 11 is 0. The summed E-state index contributed by atoms with van der Waals surface area (Å²) in [6.45, 7) is 7.27. The molecule has 15 rings (SSSR count). The first kappa shape index (κ1) is 43.7. The summed E-state index contributed by atoms with van der Waals surface area (Å²) in [7, 11) is -1.44. The minimum atomic E-state index is -1.44. The average Bonchev–Trinajstić information content (AvgIpc) is 4.34. The van der Waals surface area contributed by atoms with Crippen molar-refractivity contribution in [3.05, 3.63) is 310 Å². The quantitative estimate of drug-likeness (QED) is 0.114. The van der Waals surface area contributed by atoms with Crippen LogP contribution in [0.3, 0.4) is 0 Å². The topological polar surface area (TPSA) is 3.24 Å². The SMILES string of the molecule is C[Si](C)(C)c1ccc(-c2ccc3c(c2)C2(c4ccccc4-c4ccccc42)c2cc(/C=C/c4ccc5c(c4)C4(c6ccccc6-c6ccccc64)c4cc(N(c6ccccc6)c6ccccc6)ccc4-5)ccc2-3)cc1. The summed E-state index contributed by atoms with van der Waals surface area (Å²) in [5, 5.41) is 1.48. The van der Waals surface area contributed by atoms with Crippen LogP contribution < -0.4 is 10.1 Å². The van der Waals surface area contributed by atoms with E-state index in [4.69, 9.17) is 0 Å². The number of fused-ring (bicyclic) bond motifs is 20. The van der Waals surface area contributed by atoms with Crippen LogP contribution in [0, 0.1) is 0 Å². The lowest BCUT2D eigenvalue weighted by Gasteiger charge is -2.32. The van der Waals surface area contributed by atoms with E-state index in [0.29, 0.717) is 0 Å². The standard InChI is InChI=1S/C73H53NSi/c1-75(2,3)55-38-34-50(35-39-55)51-36-42-62-60-40-32-48(44-68(60)72(70(62)46-51)64-26-14-10-22-56(64)57-23-11-15-27-65(57)72)30-31-49-33-41-61-63-43-37-54(74(52-18-6-4-7-19-52)53-20-8-5-9-21-53)47-71(63)73(69(61)45-49)66-28-16-12-24-58(66)59-25-13-17-29-67(59)73/h4-47H,1-3H3/b31-30+. The van der Waals surface area contributed by atoms with E-state index in [2.05, 4.69) is 291 Å². The van der Waals surface area contributed by atoms with Crippen LogP contribution in [-0.4, -0.2) is 8.07 Å². The molecule has 75 heavy (non-hydrogen) atoms. The zero-order valence-corrected chi connectivity index (χ0v) is 43.4. The molecule has 0 saturated heterocycles. The second-order valence-corrected chi connectivity index (χ2v) is 27.0. The fraction of sp³-hybridized carbons (Fsp3) is 0.0685. The van der Waals surface area contributed by atoms with Crippen LogP contribution >= 0.6 is 0 Å². The van der Waals surface area contributed by atoms with Gasteiger partial charge in [0.25, 0.3) is 0 Å². The highest BCUT2D eigenvalue weighted by Crippen LogP contribution is 2.65. The highest BCUT2D eigenvalue weighted by molar-refractivity contribution is 6.88. The first-order valence-electron chi connectivity index (χ1n) is 26.5. The predicted octanol–water partition coefficient (Wildman–Crippen LogP) is 18.2. The smallest absolute Gasteiger partial charge is 0.0775 e. The number of nitrogens with zero attached hydrogens (tertiary/aromatic N) is 1. The van der Waals surface area contributed by atoms with Crippen molar-refractivity contribution >= 4 is 42.5 Å². The third-order valence-electron chi connectivity index (χ3n) is 17.1. The van der Waals surface area contributed by atoms with Crippen LogP contribution in [0.5, 0.6) is 0 Å². The monoisotopic (exact) mass is 971 g/mol. The summed E-state index contributed by atoms with van der Waals surface area (Å²) in [4.78, 5) is 2.39. The zero-order valence-electron chi connectivity index (χ0n) is 42.4. The van der Waals surface area contributed by atoms with Crippen molar-refractivity contribution in [1.82, 2.24) is 0 Å². The molecule has 0 unspecified atom stereocenters. The van der Waals surface area contributed by atoms with Gasteiger partial charge in [0.15, 0.2) is 0 Å². The number of rotatable bonds is 7. The fourth-order valence-corrected chi connectivity index (χ4v) is 15.0. The molecule has 0 N–H and O–H groups in total. The van der Waals surface area contributed by atoms with E-state index in [9.17, 15) is 0 Å². The van der Waals surface area contributed by atoms with Gasteiger partial charge in [-0.1, -0.05) is 237 Å². The van der Waals surface area contributed by atoms with Crippen molar-refractivity contribution in [2.75, 3.05) is 4.90 Å². The van der Waals surface area contributed by atoms with Crippen LogP contribution in [-0.2, 0) is 10.8 Å². The van der Waals surface area contributed by atoms with Crippen molar-refractivity contribution in [1.29, 1.82) is 0 Å². The van der Waals surface area contributed by atoms with Gasteiger partial charge >= 0.3 is 0 Å². The highest BCUT2D eigenvalue weighted by atomic mass is 28.3. The first-order chi connectivity index (χ1) is 36.8. The molecule has 4 aliphatic rings. The maximum absolute atomic E-state index is 2.51. The molecular weight excluding hydrogens is 919 g/mol. The van der Waals surface area contributed by atoms with E-state index >= 15 is 0 Å². The lowest BCUT2D eigenvalue weighted by molar-refractivity contribution is 0.793. The van der Waals surface area contributed by atoms with Crippen LogP contribution in [0.1, 0.15) is 55.6 Å². The van der Waals surface area contributed by atoms with Gasteiger partial charge in [-0.3, -0.25) is 0 Å². The minimum Gasteiger partial charge on any atom is -0.310 e. The first-order valence-corrected chi connectivity index (χ1v) is 30.0. The Bertz CT molecular complexity index is 4030. The van der Waals surface area contributed by atoms with Crippen molar-refractivity contribution in [3.63, 3.8) is 0 Å². The van der Waals surface area contributed by atoms with E-state index < -0.39 is 18.9 Å². The van der Waals surface area contributed by atoms with Crippen molar-refractivity contribution in [2.24, 2.45) is 0 Å². The number of para-hydroxylation sites is 2. The summed E-state index contributed by atoms with van der Waals surface area (Å²) in [5.41, 5.74) is 28.5. The molecule has 0 atom stereocenters. The Balaban J connectivity index is 0.878. The van der Waals surface area contributed by atoms with E-state index in [1.807, 2.05) is 0 Å². The van der Waals surface area contributed by atoms with Crippen LogP contribution in [0.2, 0.25) is 19.6 Å². The number of hydrogen-bond acceptors (Lipinski definition) is 1. The van der Waals surface area contributed by atoms with Gasteiger partial charge in [0.1, 0.15) is 0 Å². The van der Waals surface area contributed by atoms with E-state index in [0.717, 1.165) is 17.1 Å². The zero-order chi connectivity index (χ0) is 50.0. The van der Waals surface area contributed by atoms with E-state index in [1.165, 1.54) is 116 Å². The van der Waals surface area contributed by atoms with Gasteiger partial charge in [-0.25, -0.2) is 0 Å². The summed E-state index contributed by atoms with van der Waals surface area (Å²) in [5.74, 6) is 0. The number of anilines is 3. The van der Waals surface area contributed by atoms with Crippen molar-refractivity contribution in [3.8, 4) is 55.6 Å². The van der Waals surface area contributed by atoms with Gasteiger partial charge < -0.3 is 4.90 Å². The number of benzene rings is 11. The third kappa shape index (κ3) is 6.24. The maximum Gasteiger partial charge on any atom is 0.0775 e. The third-order valence-corrected chi connectivity index (χ3v) is 19.1. The predicted molar refractivity (Wildman–Crippen MR) is 318 cm³/mol. The molecule has 0 aliphatic heterocycles. The van der Waals surface area contributed by atoms with Gasteiger partial charge in [-0.15, -0.1) is 0 Å². The molecule has 354 valence electrons. The number of hydrogen-bond donors (Lipinski definition) is 0. The van der Waals surface area contributed by atoms with Crippen LogP contribution in [0.15, 0.2) is 255 Å². The Labute approximate surface area is 441 Å². The summed E-state index contributed by atoms with van der Waals surface area (Å²) < 4.78 is 0. The molecule has 0 heterocycles. The van der Waals surface area contributed by atoms with E-state index in [1.54, 1.807) is 0 Å².